The van der Waals surface area contributed by atoms with Crippen LogP contribution in [0, 0.1) is 0 Å². The Kier molecular flexibility index (Phi) is 4.11. The van der Waals surface area contributed by atoms with Crippen LogP contribution in [0.2, 0.25) is 10.0 Å². The van der Waals surface area contributed by atoms with Gasteiger partial charge in [0.15, 0.2) is 0 Å². The van der Waals surface area contributed by atoms with Crippen LogP contribution in [0.5, 0.6) is 0 Å². The Labute approximate surface area is 142 Å². The maximum Gasteiger partial charge on any atom is 0.340 e. The largest absolute Gasteiger partial charge is 0.465 e. The molecule has 0 saturated heterocycles. The summed E-state index contributed by atoms with van der Waals surface area (Å²) < 4.78 is 6.16. The van der Waals surface area contributed by atoms with Gasteiger partial charge in [-0.3, -0.25) is 9.36 Å². The van der Waals surface area contributed by atoms with E-state index in [9.17, 15) is 9.59 Å². The molecule has 0 aliphatic heterocycles. The first-order chi connectivity index (χ1) is 11.0. The number of para-hydroxylation sites is 1. The molecule has 6 heteroatoms. The molecule has 23 heavy (non-hydrogen) atoms. The first-order valence-corrected chi connectivity index (χ1v) is 7.46. The molecule has 4 nitrogen and oxygen atoms in total. The number of halogens is 2. The van der Waals surface area contributed by atoms with Crippen LogP contribution in [0.4, 0.5) is 0 Å². The number of nitrogens with zero attached hydrogens (tertiary/aromatic N) is 1. The van der Waals surface area contributed by atoms with Crippen molar-refractivity contribution >= 4 is 46.0 Å². The molecule has 0 bridgehead atoms. The third kappa shape index (κ3) is 2.71. The molecule has 0 N–H and O–H groups in total. The second kappa shape index (κ2) is 6.07. The van der Waals surface area contributed by atoms with Gasteiger partial charge >= 0.3 is 5.97 Å². The van der Waals surface area contributed by atoms with Crippen LogP contribution >= 0.6 is 23.2 Å². The fraction of sp³-hybridized carbons (Fsp3) is 0.0588. The molecule has 0 radical (unpaired) electrons. The average Bonchev–Trinajstić information content (AvgIpc) is 2.93. The molecule has 1 heterocycles. The Morgan fingerprint density at radius 1 is 1.04 bits per heavy atom. The summed E-state index contributed by atoms with van der Waals surface area (Å²) in [5.74, 6) is -0.854. The van der Waals surface area contributed by atoms with E-state index >= 15 is 0 Å². The zero-order valence-electron chi connectivity index (χ0n) is 12.0. The molecule has 3 aromatic rings. The van der Waals surface area contributed by atoms with Gasteiger partial charge < -0.3 is 4.74 Å². The van der Waals surface area contributed by atoms with E-state index in [1.54, 1.807) is 36.4 Å². The van der Waals surface area contributed by atoms with Crippen LogP contribution in [-0.4, -0.2) is 23.6 Å². The van der Waals surface area contributed by atoms with Crippen molar-refractivity contribution in [2.75, 3.05) is 7.11 Å². The topological polar surface area (TPSA) is 48.3 Å². The fourth-order valence-electron chi connectivity index (χ4n) is 2.41. The summed E-state index contributed by atoms with van der Waals surface area (Å²) >= 11 is 12.0. The second-order valence-corrected chi connectivity index (χ2v) is 5.69. The molecule has 0 spiro atoms. The highest BCUT2D eigenvalue weighted by molar-refractivity contribution is 6.37. The quantitative estimate of drug-likeness (QED) is 0.644. The van der Waals surface area contributed by atoms with Crippen LogP contribution in [0.25, 0.3) is 10.9 Å². The van der Waals surface area contributed by atoms with Gasteiger partial charge in [-0.25, -0.2) is 4.79 Å². The standard InChI is InChI=1S/C17H11Cl2NO3/c1-23-17(22)13-9-20(15-5-3-2-4-11(13)15)16(21)12-7-6-10(18)8-14(12)19/h2-9H,1H3. The molecule has 116 valence electrons. The van der Waals surface area contributed by atoms with E-state index in [-0.39, 0.29) is 10.9 Å². The lowest BCUT2D eigenvalue weighted by Gasteiger charge is -2.06. The third-order valence-corrected chi connectivity index (χ3v) is 4.05. The van der Waals surface area contributed by atoms with E-state index < -0.39 is 5.97 Å². The van der Waals surface area contributed by atoms with Crippen molar-refractivity contribution in [3.05, 3.63) is 69.8 Å². The van der Waals surface area contributed by atoms with Crippen molar-refractivity contribution in [2.24, 2.45) is 0 Å². The minimum Gasteiger partial charge on any atom is -0.465 e. The Bertz CT molecular complexity index is 931. The van der Waals surface area contributed by atoms with E-state index in [0.29, 0.717) is 27.1 Å². The summed E-state index contributed by atoms with van der Waals surface area (Å²) in [4.78, 5) is 24.7. The Hall–Kier alpha value is -2.30. The number of esters is 1. The van der Waals surface area contributed by atoms with Gasteiger partial charge in [0, 0.05) is 16.6 Å². The monoisotopic (exact) mass is 347 g/mol. The van der Waals surface area contributed by atoms with Crippen molar-refractivity contribution < 1.29 is 14.3 Å². The average molecular weight is 348 g/mol. The van der Waals surface area contributed by atoms with Gasteiger partial charge in [0.1, 0.15) is 0 Å². The van der Waals surface area contributed by atoms with E-state index in [1.807, 2.05) is 0 Å². The van der Waals surface area contributed by atoms with E-state index in [0.717, 1.165) is 0 Å². The predicted octanol–water partition coefficient (Wildman–Crippen LogP) is 4.42. The summed E-state index contributed by atoms with van der Waals surface area (Å²) in [5.41, 5.74) is 1.22. The lowest BCUT2D eigenvalue weighted by Crippen LogP contribution is -2.11. The number of hydrogen-bond acceptors (Lipinski definition) is 3. The molecule has 3 rings (SSSR count). The molecule has 0 saturated carbocycles. The van der Waals surface area contributed by atoms with Crippen molar-refractivity contribution in [1.29, 1.82) is 0 Å². The molecule has 0 unspecified atom stereocenters. The van der Waals surface area contributed by atoms with Gasteiger partial charge in [-0.1, -0.05) is 41.4 Å². The number of carbonyl (C=O) groups is 2. The maximum absolute atomic E-state index is 12.8. The van der Waals surface area contributed by atoms with Gasteiger partial charge in [0.2, 0.25) is 0 Å². The highest BCUT2D eigenvalue weighted by atomic mass is 35.5. The van der Waals surface area contributed by atoms with Gasteiger partial charge in [-0.05, 0) is 24.3 Å². The Morgan fingerprint density at radius 3 is 2.48 bits per heavy atom. The number of fused-ring (bicyclic) bond motifs is 1. The smallest absolute Gasteiger partial charge is 0.340 e. The highest BCUT2D eigenvalue weighted by Crippen LogP contribution is 2.26. The molecular weight excluding hydrogens is 337 g/mol. The maximum atomic E-state index is 12.8. The molecule has 0 fully saturated rings. The summed E-state index contributed by atoms with van der Waals surface area (Å²) in [6, 6.07) is 11.7. The molecule has 0 aliphatic rings. The fourth-order valence-corrected chi connectivity index (χ4v) is 2.90. The molecule has 1 aromatic heterocycles. The summed E-state index contributed by atoms with van der Waals surface area (Å²) in [7, 11) is 1.30. The summed E-state index contributed by atoms with van der Waals surface area (Å²) in [5, 5.41) is 1.33. The Morgan fingerprint density at radius 2 is 1.78 bits per heavy atom. The number of hydrogen-bond donors (Lipinski definition) is 0. The number of methoxy groups -OCH3 is 1. The van der Waals surface area contributed by atoms with E-state index in [2.05, 4.69) is 0 Å². The molecule has 0 atom stereocenters. The lowest BCUT2D eigenvalue weighted by atomic mass is 10.2. The van der Waals surface area contributed by atoms with Crippen LogP contribution in [0.3, 0.4) is 0 Å². The lowest BCUT2D eigenvalue weighted by molar-refractivity contribution is 0.0603. The van der Waals surface area contributed by atoms with Gasteiger partial charge in [0.05, 0.1) is 28.8 Å². The first-order valence-electron chi connectivity index (χ1n) is 6.71. The van der Waals surface area contributed by atoms with Crippen molar-refractivity contribution in [1.82, 2.24) is 4.57 Å². The molecule has 0 amide bonds. The number of benzene rings is 2. The van der Waals surface area contributed by atoms with Crippen molar-refractivity contribution in [2.45, 2.75) is 0 Å². The zero-order valence-corrected chi connectivity index (χ0v) is 13.6. The van der Waals surface area contributed by atoms with Crippen molar-refractivity contribution in [3.63, 3.8) is 0 Å². The number of ether oxygens (including phenoxy) is 1. The van der Waals surface area contributed by atoms with E-state index in [1.165, 1.54) is 23.9 Å². The first kappa shape index (κ1) is 15.6. The Balaban J connectivity index is 2.20. The van der Waals surface area contributed by atoms with Gasteiger partial charge in [-0.2, -0.15) is 0 Å². The summed E-state index contributed by atoms with van der Waals surface area (Å²) in [6.45, 7) is 0. The van der Waals surface area contributed by atoms with Crippen LogP contribution in [0.1, 0.15) is 20.7 Å². The predicted molar refractivity (Wildman–Crippen MR) is 89.5 cm³/mol. The third-order valence-electron chi connectivity index (χ3n) is 3.50. The van der Waals surface area contributed by atoms with Gasteiger partial charge in [-0.15, -0.1) is 0 Å². The second-order valence-electron chi connectivity index (χ2n) is 4.85. The number of rotatable bonds is 2. The van der Waals surface area contributed by atoms with Gasteiger partial charge in [0.25, 0.3) is 5.91 Å². The van der Waals surface area contributed by atoms with Crippen LogP contribution in [0.15, 0.2) is 48.7 Å². The number of carbonyl (C=O) groups excluding carboxylic acids is 2. The molecule has 0 aliphatic carbocycles. The van der Waals surface area contributed by atoms with E-state index in [4.69, 9.17) is 27.9 Å². The highest BCUT2D eigenvalue weighted by Gasteiger charge is 2.20. The summed E-state index contributed by atoms with van der Waals surface area (Å²) in [6.07, 6.45) is 1.46. The normalized spacial score (nSPS) is 10.7. The molecular formula is C17H11Cl2NO3. The minimum absolute atomic E-state index is 0.250. The van der Waals surface area contributed by atoms with Crippen molar-refractivity contribution in [3.8, 4) is 0 Å². The SMILES string of the molecule is COC(=O)c1cn(C(=O)c2ccc(Cl)cc2Cl)c2ccccc12. The minimum atomic E-state index is -0.505. The number of aromatic nitrogens is 1. The molecule has 2 aromatic carbocycles. The zero-order chi connectivity index (χ0) is 16.6. The van der Waals surface area contributed by atoms with Crippen LogP contribution in [-0.2, 0) is 4.74 Å². The van der Waals surface area contributed by atoms with Crippen LogP contribution < -0.4 is 0 Å².